The maximum atomic E-state index is 13.5. The van der Waals surface area contributed by atoms with E-state index in [-0.39, 0.29) is 12.5 Å². The molecule has 0 amide bonds. The fraction of sp³-hybridized carbons (Fsp3) is 0.692. The largest absolute Gasteiger partial charge is 0.394 e. The average Bonchev–Trinajstić information content (AvgIpc) is 2.44. The first-order chi connectivity index (χ1) is 10.3. The lowest BCUT2D eigenvalue weighted by Crippen LogP contribution is -2.51. The van der Waals surface area contributed by atoms with Crippen molar-refractivity contribution in [3.05, 3.63) is 32.9 Å². The number of hydrogen-bond acceptors (Lipinski definition) is 6. The minimum Gasteiger partial charge on any atom is -0.394 e. The van der Waals surface area contributed by atoms with Crippen LogP contribution in [0.4, 0.5) is 4.39 Å². The first-order valence-corrected chi connectivity index (χ1v) is 6.94. The summed E-state index contributed by atoms with van der Waals surface area (Å²) in [5.41, 5.74) is -1.94. The Balaban J connectivity index is 2.39. The van der Waals surface area contributed by atoms with E-state index in [0.717, 1.165) is 10.8 Å². The van der Waals surface area contributed by atoms with E-state index in [4.69, 9.17) is 9.47 Å². The van der Waals surface area contributed by atoms with Crippen LogP contribution in [0.15, 0.2) is 15.8 Å². The number of aliphatic hydroxyl groups excluding tert-OH is 2. The van der Waals surface area contributed by atoms with Crippen molar-refractivity contribution in [1.29, 1.82) is 0 Å². The Kier molecular flexibility index (Phi) is 5.12. The van der Waals surface area contributed by atoms with Crippen molar-refractivity contribution in [3.63, 3.8) is 0 Å². The van der Waals surface area contributed by atoms with Crippen LogP contribution in [0, 0.1) is 5.82 Å². The van der Waals surface area contributed by atoms with Crippen LogP contribution in [0.1, 0.15) is 26.3 Å². The van der Waals surface area contributed by atoms with Crippen LogP contribution in [0.5, 0.6) is 0 Å². The molecule has 22 heavy (non-hydrogen) atoms. The van der Waals surface area contributed by atoms with Gasteiger partial charge in [-0.25, -0.2) is 4.79 Å². The third kappa shape index (κ3) is 3.43. The fourth-order valence-corrected chi connectivity index (χ4v) is 2.37. The molecule has 2 heterocycles. The fourth-order valence-electron chi connectivity index (χ4n) is 2.37. The Bertz CT molecular complexity index is 628. The molecule has 9 heteroatoms. The molecule has 1 aromatic rings. The predicted octanol–water partition coefficient (Wildman–Crippen LogP) is -0.890. The normalized spacial score (nSPS) is 29.0. The summed E-state index contributed by atoms with van der Waals surface area (Å²) >= 11 is 0. The predicted molar refractivity (Wildman–Crippen MR) is 72.9 cm³/mol. The summed E-state index contributed by atoms with van der Waals surface area (Å²) in [6, 6.07) is -0.834. The molecule has 0 unspecified atom stereocenters. The molecule has 2 rings (SSSR count). The van der Waals surface area contributed by atoms with E-state index in [1.807, 2.05) is 4.98 Å². The third-order valence-electron chi connectivity index (χ3n) is 3.40. The molecule has 1 saturated heterocycles. The monoisotopic (exact) mass is 318 g/mol. The summed E-state index contributed by atoms with van der Waals surface area (Å²) in [4.78, 5) is 24.8. The van der Waals surface area contributed by atoms with Crippen molar-refractivity contribution in [2.75, 3.05) is 6.61 Å². The average molecular weight is 318 g/mol. The molecule has 1 fully saturated rings. The van der Waals surface area contributed by atoms with Crippen LogP contribution in [0.2, 0.25) is 0 Å². The molecule has 1 aliphatic rings. The van der Waals surface area contributed by atoms with Gasteiger partial charge in [-0.05, 0) is 13.8 Å². The van der Waals surface area contributed by atoms with E-state index < -0.39 is 48.2 Å². The van der Waals surface area contributed by atoms with Crippen LogP contribution < -0.4 is 11.2 Å². The van der Waals surface area contributed by atoms with Crippen molar-refractivity contribution in [3.8, 4) is 0 Å². The number of aliphatic hydroxyl groups is 2. The quantitative estimate of drug-likeness (QED) is 0.664. The van der Waals surface area contributed by atoms with Gasteiger partial charge in [-0.1, -0.05) is 0 Å². The second-order valence-electron chi connectivity index (χ2n) is 5.42. The minimum absolute atomic E-state index is 0.00794. The van der Waals surface area contributed by atoms with Gasteiger partial charge < -0.3 is 19.7 Å². The van der Waals surface area contributed by atoms with Gasteiger partial charge in [0.15, 0.2) is 6.29 Å². The van der Waals surface area contributed by atoms with Gasteiger partial charge in [0.2, 0.25) is 5.82 Å². The van der Waals surface area contributed by atoms with Crippen molar-refractivity contribution < 1.29 is 24.1 Å². The first kappa shape index (κ1) is 16.8. The number of rotatable bonds is 4. The highest BCUT2D eigenvalue weighted by Crippen LogP contribution is 2.30. The Morgan fingerprint density at radius 2 is 2.23 bits per heavy atom. The molecule has 0 aliphatic carbocycles. The lowest BCUT2D eigenvalue weighted by Gasteiger charge is -2.39. The van der Waals surface area contributed by atoms with Gasteiger partial charge in [0.1, 0.15) is 6.10 Å². The van der Waals surface area contributed by atoms with Crippen molar-refractivity contribution in [1.82, 2.24) is 9.55 Å². The highest BCUT2D eigenvalue weighted by molar-refractivity contribution is 4.93. The molecule has 1 aromatic heterocycles. The van der Waals surface area contributed by atoms with E-state index in [0.29, 0.717) is 0 Å². The molecule has 0 saturated carbocycles. The molecule has 8 nitrogen and oxygen atoms in total. The molecule has 124 valence electrons. The number of aromatic nitrogens is 2. The number of halogens is 1. The standard InChI is InChI=1S/C13H19FN2O6/c1-6(2)21-12-8(3-9(18)10(5-17)22-12)16-4-7(14)11(19)15-13(16)20/h4,6,8-10,12,17-18H,3,5H2,1-2H3,(H,15,19,20)/t8-,9+,10+,12-/m0/s1. The summed E-state index contributed by atoms with van der Waals surface area (Å²) in [5, 5.41) is 19.1. The topological polar surface area (TPSA) is 114 Å². The van der Waals surface area contributed by atoms with Gasteiger partial charge >= 0.3 is 5.69 Å². The summed E-state index contributed by atoms with van der Waals surface area (Å²) in [6.45, 7) is 3.08. The maximum absolute atomic E-state index is 13.5. The van der Waals surface area contributed by atoms with E-state index in [9.17, 15) is 24.2 Å². The molecule has 4 atom stereocenters. The summed E-state index contributed by atoms with van der Waals surface area (Å²) in [7, 11) is 0. The van der Waals surface area contributed by atoms with Gasteiger partial charge in [0, 0.05) is 6.42 Å². The van der Waals surface area contributed by atoms with E-state index in [2.05, 4.69) is 0 Å². The molecule has 0 aromatic carbocycles. The summed E-state index contributed by atoms with van der Waals surface area (Å²) in [5.74, 6) is -1.12. The van der Waals surface area contributed by atoms with Crippen molar-refractivity contribution >= 4 is 0 Å². The Morgan fingerprint density at radius 3 is 2.82 bits per heavy atom. The van der Waals surface area contributed by atoms with Gasteiger partial charge in [-0.15, -0.1) is 0 Å². The lowest BCUT2D eigenvalue weighted by molar-refractivity contribution is -0.261. The second-order valence-corrected chi connectivity index (χ2v) is 5.42. The van der Waals surface area contributed by atoms with E-state index >= 15 is 0 Å². The number of H-pyrrole nitrogens is 1. The Hall–Kier alpha value is -1.55. The van der Waals surface area contributed by atoms with Gasteiger partial charge in [0.05, 0.1) is 31.1 Å². The van der Waals surface area contributed by atoms with Crippen molar-refractivity contribution in [2.24, 2.45) is 0 Å². The maximum Gasteiger partial charge on any atom is 0.328 e. The highest BCUT2D eigenvalue weighted by atomic mass is 19.1. The van der Waals surface area contributed by atoms with Crippen LogP contribution in [0.3, 0.4) is 0 Å². The second kappa shape index (κ2) is 6.69. The van der Waals surface area contributed by atoms with Gasteiger partial charge in [-0.2, -0.15) is 4.39 Å². The third-order valence-corrected chi connectivity index (χ3v) is 3.40. The number of ether oxygens (including phenoxy) is 2. The molecular weight excluding hydrogens is 299 g/mol. The molecule has 1 aliphatic heterocycles. The van der Waals surface area contributed by atoms with Gasteiger partial charge in [0.25, 0.3) is 5.56 Å². The molecule has 0 spiro atoms. The zero-order chi connectivity index (χ0) is 16.4. The highest BCUT2D eigenvalue weighted by Gasteiger charge is 2.39. The minimum atomic E-state index is -1.12. The number of nitrogens with one attached hydrogen (secondary N) is 1. The Morgan fingerprint density at radius 1 is 1.55 bits per heavy atom. The zero-order valence-electron chi connectivity index (χ0n) is 12.2. The Labute approximate surface area is 125 Å². The lowest BCUT2D eigenvalue weighted by atomic mass is 10.0. The molecular formula is C13H19FN2O6. The van der Waals surface area contributed by atoms with Crippen molar-refractivity contribution in [2.45, 2.75) is 50.9 Å². The number of aromatic amines is 1. The van der Waals surface area contributed by atoms with Crippen LogP contribution in [-0.4, -0.2) is 51.0 Å². The van der Waals surface area contributed by atoms with Crippen LogP contribution >= 0.6 is 0 Å². The number of hydrogen-bond donors (Lipinski definition) is 3. The zero-order valence-corrected chi connectivity index (χ0v) is 12.2. The first-order valence-electron chi connectivity index (χ1n) is 6.94. The van der Waals surface area contributed by atoms with Crippen LogP contribution in [0.25, 0.3) is 0 Å². The van der Waals surface area contributed by atoms with E-state index in [1.54, 1.807) is 13.8 Å². The molecule has 0 radical (unpaired) electrons. The van der Waals surface area contributed by atoms with Crippen LogP contribution in [-0.2, 0) is 9.47 Å². The SMILES string of the molecule is CC(C)O[C@H]1O[C@H](CO)[C@H](O)C[C@@H]1n1cc(F)c(=O)[nH]c1=O. The summed E-state index contributed by atoms with van der Waals surface area (Å²) < 4.78 is 25.4. The molecule has 3 N–H and O–H groups in total. The summed E-state index contributed by atoms with van der Waals surface area (Å²) in [6.07, 6.45) is -2.37. The van der Waals surface area contributed by atoms with E-state index in [1.165, 1.54) is 0 Å². The number of nitrogens with zero attached hydrogens (tertiary/aromatic N) is 1. The molecule has 0 bridgehead atoms. The van der Waals surface area contributed by atoms with Gasteiger partial charge in [-0.3, -0.25) is 14.3 Å². The smallest absolute Gasteiger partial charge is 0.328 e.